The van der Waals surface area contributed by atoms with Crippen LogP contribution in [0, 0.1) is 11.8 Å². The summed E-state index contributed by atoms with van der Waals surface area (Å²) in [6.45, 7) is 2.16. The monoisotopic (exact) mass is 227 g/mol. The predicted octanol–water partition coefficient (Wildman–Crippen LogP) is 1.79. The maximum atomic E-state index is 11.6. The van der Waals surface area contributed by atoms with E-state index in [1.54, 1.807) is 0 Å². The summed E-state index contributed by atoms with van der Waals surface area (Å²) in [5.74, 6) is -0.172. The average molecular weight is 227 g/mol. The molecule has 1 unspecified atom stereocenters. The third kappa shape index (κ3) is 4.64. The van der Waals surface area contributed by atoms with Crippen LogP contribution in [-0.4, -0.2) is 23.5 Å². The molecule has 0 spiro atoms. The fraction of sp³-hybridized carbons (Fsp3) is 0.833. The first-order chi connectivity index (χ1) is 7.59. The summed E-state index contributed by atoms with van der Waals surface area (Å²) in [6.07, 6.45) is 6.01. The molecule has 1 rings (SSSR count). The number of hydrogen-bond acceptors (Lipinski definition) is 2. The fourth-order valence-electron chi connectivity index (χ4n) is 2.32. The van der Waals surface area contributed by atoms with Gasteiger partial charge >= 0.3 is 5.97 Å². The molecule has 1 fully saturated rings. The van der Waals surface area contributed by atoms with Crippen molar-refractivity contribution < 1.29 is 14.7 Å². The van der Waals surface area contributed by atoms with Crippen molar-refractivity contribution in [1.82, 2.24) is 5.32 Å². The number of nitrogens with one attached hydrogen (secondary N) is 1. The van der Waals surface area contributed by atoms with Crippen LogP contribution in [0.25, 0.3) is 0 Å². The summed E-state index contributed by atoms with van der Waals surface area (Å²) in [6, 6.07) is 0. The molecule has 0 bridgehead atoms. The number of amides is 1. The maximum absolute atomic E-state index is 11.6. The Morgan fingerprint density at radius 1 is 1.38 bits per heavy atom. The van der Waals surface area contributed by atoms with Crippen molar-refractivity contribution >= 4 is 11.9 Å². The number of carboxylic acid groups (broad SMARTS) is 1. The van der Waals surface area contributed by atoms with Gasteiger partial charge in [-0.2, -0.15) is 0 Å². The molecule has 4 heteroatoms. The van der Waals surface area contributed by atoms with Gasteiger partial charge in [-0.1, -0.05) is 32.6 Å². The van der Waals surface area contributed by atoms with Crippen LogP contribution < -0.4 is 5.32 Å². The van der Waals surface area contributed by atoms with Crippen molar-refractivity contribution in [3.05, 3.63) is 0 Å². The molecule has 16 heavy (non-hydrogen) atoms. The van der Waals surface area contributed by atoms with Crippen LogP contribution in [0.5, 0.6) is 0 Å². The van der Waals surface area contributed by atoms with Crippen molar-refractivity contribution in [1.29, 1.82) is 0 Å². The third-order valence-electron chi connectivity index (χ3n) is 3.25. The molecule has 0 heterocycles. The van der Waals surface area contributed by atoms with Gasteiger partial charge in [0.15, 0.2) is 0 Å². The van der Waals surface area contributed by atoms with Crippen molar-refractivity contribution in [3.63, 3.8) is 0 Å². The molecule has 0 aliphatic heterocycles. The lowest BCUT2D eigenvalue weighted by atomic mass is 9.94. The zero-order valence-electron chi connectivity index (χ0n) is 9.87. The van der Waals surface area contributed by atoms with Gasteiger partial charge in [-0.15, -0.1) is 0 Å². The molecular weight excluding hydrogens is 206 g/mol. The highest BCUT2D eigenvalue weighted by atomic mass is 16.4. The van der Waals surface area contributed by atoms with Crippen LogP contribution in [0.2, 0.25) is 0 Å². The van der Waals surface area contributed by atoms with Gasteiger partial charge in [0.05, 0.1) is 6.42 Å². The van der Waals surface area contributed by atoms with E-state index >= 15 is 0 Å². The third-order valence-corrected chi connectivity index (χ3v) is 3.25. The minimum atomic E-state index is -0.872. The maximum Gasteiger partial charge on any atom is 0.305 e. The number of aliphatic carboxylic acids is 1. The molecule has 1 saturated carbocycles. The van der Waals surface area contributed by atoms with Crippen LogP contribution in [-0.2, 0) is 9.59 Å². The minimum absolute atomic E-state index is 0.00187. The van der Waals surface area contributed by atoms with Crippen LogP contribution >= 0.6 is 0 Å². The Bertz CT molecular complexity index is 247. The first-order valence-electron chi connectivity index (χ1n) is 6.09. The molecule has 1 amide bonds. The summed E-state index contributed by atoms with van der Waals surface area (Å²) in [4.78, 5) is 21.9. The molecule has 2 N–H and O–H groups in total. The van der Waals surface area contributed by atoms with E-state index in [4.69, 9.17) is 5.11 Å². The summed E-state index contributed by atoms with van der Waals surface area (Å²) < 4.78 is 0. The van der Waals surface area contributed by atoms with E-state index < -0.39 is 5.97 Å². The van der Waals surface area contributed by atoms with Crippen LogP contribution in [0.3, 0.4) is 0 Å². The molecule has 1 aliphatic rings. The Morgan fingerprint density at radius 2 is 2.00 bits per heavy atom. The fourth-order valence-corrected chi connectivity index (χ4v) is 2.32. The highest BCUT2D eigenvalue weighted by molar-refractivity contribution is 5.78. The van der Waals surface area contributed by atoms with Crippen LogP contribution in [0.15, 0.2) is 0 Å². The molecule has 1 atom stereocenters. The van der Waals surface area contributed by atoms with E-state index in [1.807, 2.05) is 6.92 Å². The first-order valence-corrected chi connectivity index (χ1v) is 6.09. The van der Waals surface area contributed by atoms with Gasteiger partial charge in [-0.3, -0.25) is 9.59 Å². The SMILES string of the molecule is CC(CC1CCCC1)C(=O)NCCC(=O)O. The lowest BCUT2D eigenvalue weighted by Gasteiger charge is -2.15. The van der Waals surface area contributed by atoms with Gasteiger partial charge in [0, 0.05) is 12.5 Å². The lowest BCUT2D eigenvalue weighted by molar-refractivity contribution is -0.137. The van der Waals surface area contributed by atoms with E-state index in [2.05, 4.69) is 5.32 Å². The highest BCUT2D eigenvalue weighted by Gasteiger charge is 2.21. The predicted molar refractivity (Wildman–Crippen MR) is 61.0 cm³/mol. The van der Waals surface area contributed by atoms with Crippen LogP contribution in [0.4, 0.5) is 0 Å². The average Bonchev–Trinajstić information content (AvgIpc) is 2.69. The lowest BCUT2D eigenvalue weighted by Crippen LogP contribution is -2.31. The van der Waals surface area contributed by atoms with Crippen molar-refractivity contribution in [2.24, 2.45) is 11.8 Å². The number of rotatable bonds is 6. The quantitative estimate of drug-likeness (QED) is 0.727. The van der Waals surface area contributed by atoms with Gasteiger partial charge in [-0.05, 0) is 12.3 Å². The zero-order chi connectivity index (χ0) is 12.0. The van der Waals surface area contributed by atoms with Gasteiger partial charge in [0.25, 0.3) is 0 Å². The first kappa shape index (κ1) is 13.0. The zero-order valence-corrected chi connectivity index (χ0v) is 9.87. The second kappa shape index (κ2) is 6.51. The molecule has 4 nitrogen and oxygen atoms in total. The summed E-state index contributed by atoms with van der Waals surface area (Å²) in [5, 5.41) is 11.1. The summed E-state index contributed by atoms with van der Waals surface area (Å²) >= 11 is 0. The Balaban J connectivity index is 2.16. The second-order valence-electron chi connectivity index (χ2n) is 4.72. The van der Waals surface area contributed by atoms with E-state index in [9.17, 15) is 9.59 Å². The van der Waals surface area contributed by atoms with Crippen molar-refractivity contribution in [2.75, 3.05) is 6.54 Å². The highest BCUT2D eigenvalue weighted by Crippen LogP contribution is 2.30. The van der Waals surface area contributed by atoms with Crippen LogP contribution in [0.1, 0.15) is 45.4 Å². The van der Waals surface area contributed by atoms with Gasteiger partial charge in [0.1, 0.15) is 0 Å². The Morgan fingerprint density at radius 3 is 2.56 bits per heavy atom. The Hall–Kier alpha value is -1.06. The van der Waals surface area contributed by atoms with Crippen molar-refractivity contribution in [3.8, 4) is 0 Å². The van der Waals surface area contributed by atoms with E-state index in [1.165, 1.54) is 25.7 Å². The van der Waals surface area contributed by atoms with Gasteiger partial charge < -0.3 is 10.4 Å². The number of carbonyl (C=O) groups excluding carboxylic acids is 1. The number of hydrogen-bond donors (Lipinski definition) is 2. The second-order valence-corrected chi connectivity index (χ2v) is 4.72. The molecule has 0 aromatic heterocycles. The summed E-state index contributed by atoms with van der Waals surface area (Å²) in [7, 11) is 0. The molecule has 1 aliphatic carbocycles. The van der Waals surface area contributed by atoms with E-state index in [0.717, 1.165) is 6.42 Å². The molecule has 0 radical (unpaired) electrons. The molecular formula is C12H21NO3. The standard InChI is InChI=1S/C12H21NO3/c1-9(8-10-4-2-3-5-10)12(16)13-7-6-11(14)15/h9-10H,2-8H2,1H3,(H,13,16)(H,14,15). The summed E-state index contributed by atoms with van der Waals surface area (Å²) in [5.41, 5.74) is 0. The van der Waals surface area contributed by atoms with Gasteiger partial charge in [0.2, 0.25) is 5.91 Å². The van der Waals surface area contributed by atoms with Gasteiger partial charge in [-0.25, -0.2) is 0 Å². The Kier molecular flexibility index (Phi) is 5.29. The molecule has 0 aromatic carbocycles. The topological polar surface area (TPSA) is 66.4 Å². The van der Waals surface area contributed by atoms with E-state index in [0.29, 0.717) is 5.92 Å². The van der Waals surface area contributed by atoms with Crippen molar-refractivity contribution in [2.45, 2.75) is 45.4 Å². The minimum Gasteiger partial charge on any atom is -0.481 e. The number of carboxylic acids is 1. The smallest absolute Gasteiger partial charge is 0.305 e. The number of carbonyl (C=O) groups is 2. The molecule has 0 saturated heterocycles. The van der Waals surface area contributed by atoms with E-state index in [-0.39, 0.29) is 24.8 Å². The normalized spacial score (nSPS) is 18.3. The molecule has 0 aromatic rings. The largest absolute Gasteiger partial charge is 0.481 e. The molecule has 92 valence electrons. The Labute approximate surface area is 96.4 Å².